The van der Waals surface area contributed by atoms with Crippen LogP contribution in [0.3, 0.4) is 0 Å². The summed E-state index contributed by atoms with van der Waals surface area (Å²) in [6, 6.07) is 9.48. The van der Waals surface area contributed by atoms with Crippen molar-refractivity contribution in [3.05, 3.63) is 35.2 Å². The van der Waals surface area contributed by atoms with Crippen molar-refractivity contribution < 1.29 is 33.3 Å². The van der Waals surface area contributed by atoms with Gasteiger partial charge in [-0.15, -0.1) is 11.3 Å². The molecule has 0 saturated heterocycles. The molecule has 1 aliphatic rings. The molecule has 1 amide bonds. The van der Waals surface area contributed by atoms with Crippen molar-refractivity contribution in [2.24, 2.45) is 11.8 Å². The Labute approximate surface area is 210 Å². The number of nitrogens with one attached hydrogen (secondary N) is 1. The van der Waals surface area contributed by atoms with Crippen molar-refractivity contribution in [2.45, 2.75) is 76.1 Å². The third kappa shape index (κ3) is 8.08. The Balaban J connectivity index is 1.43. The van der Waals surface area contributed by atoms with E-state index in [2.05, 4.69) is 0 Å². The fourth-order valence-electron chi connectivity index (χ4n) is 5.01. The molecule has 4 N–H and O–H groups in total. The van der Waals surface area contributed by atoms with Crippen LogP contribution in [0.4, 0.5) is 0 Å². The van der Waals surface area contributed by atoms with Crippen molar-refractivity contribution in [1.29, 1.82) is 0 Å². The van der Waals surface area contributed by atoms with Crippen LogP contribution in [0.1, 0.15) is 67.5 Å². The van der Waals surface area contributed by atoms with Gasteiger partial charge in [-0.2, -0.15) is 0 Å². The summed E-state index contributed by atoms with van der Waals surface area (Å²) in [6.45, 7) is 0. The summed E-state index contributed by atoms with van der Waals surface area (Å²) in [5.74, 6) is -1.11. The lowest BCUT2D eigenvalue weighted by Crippen LogP contribution is -2.28. The van der Waals surface area contributed by atoms with Gasteiger partial charge in [-0.05, 0) is 61.5 Å². The van der Waals surface area contributed by atoms with E-state index in [1.54, 1.807) is 6.07 Å². The maximum atomic E-state index is 12.7. The molecule has 194 valence electrons. The highest BCUT2D eigenvalue weighted by atomic mass is 32.2. The van der Waals surface area contributed by atoms with Crippen LogP contribution in [0.25, 0.3) is 10.1 Å². The number of fused-ring (bicyclic) bond motifs is 1. The Hall–Kier alpha value is -1.85. The number of aliphatic hydroxyl groups excluding tert-OH is 3. The average molecular weight is 526 g/mol. The summed E-state index contributed by atoms with van der Waals surface area (Å²) in [4.78, 5) is 24.8. The highest BCUT2D eigenvalue weighted by Crippen LogP contribution is 2.39. The number of thiophene rings is 1. The molecule has 0 radical (unpaired) electrons. The second-order valence-electron chi connectivity index (χ2n) is 9.55. The number of carbonyl (C=O) groups is 2. The van der Waals surface area contributed by atoms with Gasteiger partial charge < -0.3 is 15.3 Å². The van der Waals surface area contributed by atoms with E-state index in [4.69, 9.17) is 0 Å². The second kappa shape index (κ2) is 12.4. The summed E-state index contributed by atoms with van der Waals surface area (Å²) in [5, 5.41) is 32.4. The van der Waals surface area contributed by atoms with Crippen LogP contribution < -0.4 is 4.72 Å². The lowest BCUT2D eigenvalue weighted by atomic mass is 9.84. The van der Waals surface area contributed by atoms with Gasteiger partial charge >= 0.3 is 0 Å². The fraction of sp³-hybridized carbons (Fsp3) is 0.600. The Kier molecular flexibility index (Phi) is 9.83. The molecule has 3 unspecified atom stereocenters. The Bertz CT molecular complexity index is 1080. The van der Waals surface area contributed by atoms with Crippen LogP contribution in [0.5, 0.6) is 0 Å². The summed E-state index contributed by atoms with van der Waals surface area (Å²) in [6.07, 6.45) is 3.31. The number of rotatable bonds is 13. The Morgan fingerprint density at radius 2 is 1.71 bits per heavy atom. The largest absolute Gasteiger partial charge is 0.393 e. The number of amides is 1. The minimum atomic E-state index is -3.53. The van der Waals surface area contributed by atoms with Crippen LogP contribution in [-0.2, 0) is 14.8 Å². The van der Waals surface area contributed by atoms with E-state index < -0.39 is 34.2 Å². The molecular weight excluding hydrogens is 490 g/mol. The highest BCUT2D eigenvalue weighted by molar-refractivity contribution is 7.89. The smallest absolute Gasteiger partial charge is 0.233 e. The second-order valence-corrected chi connectivity index (χ2v) is 12.4. The molecule has 1 saturated carbocycles. The molecule has 1 aliphatic carbocycles. The standard InChI is InChI=1S/C25H35NO7S2/c1-35(32,33)26-24(30)11-5-3-2-4-9-17-18(21(29)15-20(17)28)12-13-19(27)25(31)23-14-16-8-6-7-10-22(16)34-23/h6-8,10,14,17-21,27-29H,2-5,9,11-13,15H2,1H3,(H,26,30)/t17?,18?,19?,20-,21+/m0/s1. The lowest BCUT2D eigenvalue weighted by Gasteiger charge is -2.24. The third-order valence-electron chi connectivity index (χ3n) is 6.76. The van der Waals surface area contributed by atoms with Crippen molar-refractivity contribution in [2.75, 3.05) is 6.26 Å². The molecule has 0 aliphatic heterocycles. The number of hydrogen-bond donors (Lipinski definition) is 4. The van der Waals surface area contributed by atoms with Gasteiger partial charge in [0.2, 0.25) is 21.7 Å². The molecule has 0 spiro atoms. The number of unbranched alkanes of at least 4 members (excludes halogenated alkanes) is 3. The molecule has 1 aromatic heterocycles. The van der Waals surface area contributed by atoms with Gasteiger partial charge in [0.05, 0.1) is 23.3 Å². The lowest BCUT2D eigenvalue weighted by molar-refractivity contribution is -0.119. The first-order valence-electron chi connectivity index (χ1n) is 12.1. The Morgan fingerprint density at radius 3 is 2.40 bits per heavy atom. The van der Waals surface area contributed by atoms with Crippen molar-refractivity contribution in [1.82, 2.24) is 4.72 Å². The van der Waals surface area contributed by atoms with E-state index >= 15 is 0 Å². The van der Waals surface area contributed by atoms with Crippen molar-refractivity contribution in [3.8, 4) is 0 Å². The fourth-order valence-corrected chi connectivity index (χ4v) is 6.57. The molecule has 5 atom stereocenters. The molecule has 1 fully saturated rings. The van der Waals surface area contributed by atoms with Crippen LogP contribution in [0.2, 0.25) is 0 Å². The van der Waals surface area contributed by atoms with E-state index in [1.807, 2.05) is 29.0 Å². The maximum absolute atomic E-state index is 12.7. The zero-order chi connectivity index (χ0) is 25.6. The van der Waals surface area contributed by atoms with E-state index in [0.29, 0.717) is 30.6 Å². The van der Waals surface area contributed by atoms with Crippen LogP contribution in [0, 0.1) is 11.8 Å². The average Bonchev–Trinajstić information content (AvgIpc) is 3.33. The van der Waals surface area contributed by atoms with E-state index in [1.165, 1.54) is 11.3 Å². The summed E-state index contributed by atoms with van der Waals surface area (Å²) >= 11 is 1.36. The first kappa shape index (κ1) is 27.7. The first-order chi connectivity index (χ1) is 16.5. The zero-order valence-corrected chi connectivity index (χ0v) is 21.6. The topological polar surface area (TPSA) is 141 Å². The molecule has 8 nitrogen and oxygen atoms in total. The number of hydrogen-bond acceptors (Lipinski definition) is 8. The predicted molar refractivity (Wildman–Crippen MR) is 136 cm³/mol. The Morgan fingerprint density at radius 1 is 1.06 bits per heavy atom. The van der Waals surface area contributed by atoms with Gasteiger partial charge in [0.1, 0.15) is 6.10 Å². The highest BCUT2D eigenvalue weighted by Gasteiger charge is 2.41. The number of ketones is 1. The van der Waals surface area contributed by atoms with Crippen LogP contribution >= 0.6 is 11.3 Å². The van der Waals surface area contributed by atoms with Crippen molar-refractivity contribution in [3.63, 3.8) is 0 Å². The molecule has 0 bridgehead atoms. The number of Topliss-reactive ketones (excluding diaryl/α,β-unsaturated/α-hetero) is 1. The molecular formula is C25H35NO7S2. The quantitative estimate of drug-likeness (QED) is 0.233. The van der Waals surface area contributed by atoms with Crippen LogP contribution in [-0.4, -0.2) is 60.0 Å². The van der Waals surface area contributed by atoms with Gasteiger partial charge in [-0.1, -0.05) is 37.5 Å². The van der Waals surface area contributed by atoms with Gasteiger partial charge in [-0.25, -0.2) is 8.42 Å². The molecule has 3 rings (SSSR count). The molecule has 2 aromatic rings. The number of benzene rings is 1. The molecule has 10 heteroatoms. The summed E-state index contributed by atoms with van der Waals surface area (Å²) < 4.78 is 25.0. The minimum Gasteiger partial charge on any atom is -0.393 e. The number of aliphatic hydroxyl groups is 3. The van der Waals surface area contributed by atoms with Crippen molar-refractivity contribution >= 4 is 43.1 Å². The van der Waals surface area contributed by atoms with E-state index in [0.717, 1.165) is 35.6 Å². The molecule has 1 aromatic carbocycles. The minimum absolute atomic E-state index is 0.106. The monoisotopic (exact) mass is 525 g/mol. The van der Waals surface area contributed by atoms with Gasteiger partial charge in [0, 0.05) is 11.1 Å². The molecule has 1 heterocycles. The maximum Gasteiger partial charge on any atom is 0.233 e. The van der Waals surface area contributed by atoms with Crippen LogP contribution in [0.15, 0.2) is 30.3 Å². The summed E-state index contributed by atoms with van der Waals surface area (Å²) in [7, 11) is -3.53. The summed E-state index contributed by atoms with van der Waals surface area (Å²) in [5.41, 5.74) is 0. The SMILES string of the molecule is CS(=O)(=O)NC(=O)CCCCCCC1C(CCC(O)C(=O)c2cc3ccccc3s2)[C@H](O)C[C@@H]1O. The number of carbonyl (C=O) groups excluding carboxylic acids is 2. The molecule has 35 heavy (non-hydrogen) atoms. The first-order valence-corrected chi connectivity index (χ1v) is 14.8. The normalized spacial score (nSPS) is 23.4. The van der Waals surface area contributed by atoms with Gasteiger partial charge in [-0.3, -0.25) is 14.3 Å². The predicted octanol–water partition coefficient (Wildman–Crippen LogP) is 3.00. The van der Waals surface area contributed by atoms with E-state index in [-0.39, 0.29) is 30.5 Å². The third-order valence-corrected chi connectivity index (χ3v) is 8.49. The van der Waals surface area contributed by atoms with E-state index in [9.17, 15) is 33.3 Å². The zero-order valence-electron chi connectivity index (χ0n) is 19.9. The van der Waals surface area contributed by atoms with Gasteiger partial charge in [0.15, 0.2) is 0 Å². The van der Waals surface area contributed by atoms with Gasteiger partial charge in [0.25, 0.3) is 0 Å². The number of sulfonamides is 1.